The zero-order valence-corrected chi connectivity index (χ0v) is 12.2. The Labute approximate surface area is 118 Å². The maximum Gasteiger partial charge on any atom is 0.0247 e. The minimum absolute atomic E-state index is 0.540. The summed E-state index contributed by atoms with van der Waals surface area (Å²) in [5.74, 6) is 0.793. The van der Waals surface area contributed by atoms with E-state index in [2.05, 4.69) is 42.3 Å². The van der Waals surface area contributed by atoms with E-state index in [1.165, 1.54) is 44.1 Å². The highest BCUT2D eigenvalue weighted by atomic mass is 15.1. The van der Waals surface area contributed by atoms with Crippen LogP contribution in [0.1, 0.15) is 44.1 Å². The molecule has 2 heteroatoms. The summed E-state index contributed by atoms with van der Waals surface area (Å²) in [6.07, 6.45) is 8.33. The smallest absolute Gasteiger partial charge is 0.0247 e. The lowest BCUT2D eigenvalue weighted by Gasteiger charge is -2.33. The van der Waals surface area contributed by atoms with Crippen LogP contribution in [0.5, 0.6) is 0 Å². The maximum absolute atomic E-state index is 6.07. The highest BCUT2D eigenvalue weighted by Gasteiger charge is 2.24. The van der Waals surface area contributed by atoms with Crippen molar-refractivity contribution in [2.24, 2.45) is 11.7 Å². The fourth-order valence-corrected chi connectivity index (χ4v) is 3.42. The van der Waals surface area contributed by atoms with Gasteiger partial charge < -0.3 is 5.73 Å². The van der Waals surface area contributed by atoms with Crippen LogP contribution in [0.25, 0.3) is 0 Å². The Kier molecular flexibility index (Phi) is 5.87. The summed E-state index contributed by atoms with van der Waals surface area (Å²) < 4.78 is 0. The number of benzene rings is 1. The largest absolute Gasteiger partial charge is 0.329 e. The molecule has 1 atom stereocenters. The van der Waals surface area contributed by atoms with E-state index in [0.29, 0.717) is 6.04 Å². The molecule has 1 aliphatic carbocycles. The molecular formula is C17H28N2. The van der Waals surface area contributed by atoms with Gasteiger partial charge >= 0.3 is 0 Å². The third-order valence-electron chi connectivity index (χ3n) is 4.53. The summed E-state index contributed by atoms with van der Waals surface area (Å²) in [6, 6.07) is 11.3. The summed E-state index contributed by atoms with van der Waals surface area (Å²) >= 11 is 0. The van der Waals surface area contributed by atoms with E-state index in [1.54, 1.807) is 0 Å². The van der Waals surface area contributed by atoms with Crippen LogP contribution in [0, 0.1) is 5.92 Å². The predicted molar refractivity (Wildman–Crippen MR) is 81.9 cm³/mol. The van der Waals surface area contributed by atoms with E-state index in [-0.39, 0.29) is 0 Å². The molecular weight excluding hydrogens is 232 g/mol. The first-order chi connectivity index (χ1) is 9.31. The van der Waals surface area contributed by atoms with Crippen molar-refractivity contribution in [2.45, 2.75) is 51.1 Å². The van der Waals surface area contributed by atoms with Crippen molar-refractivity contribution in [3.63, 3.8) is 0 Å². The molecule has 0 amide bonds. The Morgan fingerprint density at radius 2 is 1.74 bits per heavy atom. The summed E-state index contributed by atoms with van der Waals surface area (Å²) in [6.45, 7) is 1.80. The van der Waals surface area contributed by atoms with Gasteiger partial charge in [-0.1, -0.05) is 56.0 Å². The molecule has 1 fully saturated rings. The predicted octanol–water partition coefficient (Wildman–Crippen LogP) is 3.42. The molecule has 0 aromatic heterocycles. The fraction of sp³-hybridized carbons (Fsp3) is 0.647. The first kappa shape index (κ1) is 14.5. The van der Waals surface area contributed by atoms with E-state index in [9.17, 15) is 0 Å². The van der Waals surface area contributed by atoms with Crippen molar-refractivity contribution in [3.8, 4) is 0 Å². The SMILES string of the molecule is CN(Cc1ccccc1)C(CN)C1CCCCCC1. The molecule has 0 heterocycles. The molecule has 106 valence electrons. The molecule has 2 N–H and O–H groups in total. The van der Waals surface area contributed by atoms with Crippen molar-refractivity contribution < 1.29 is 0 Å². The monoisotopic (exact) mass is 260 g/mol. The highest BCUT2D eigenvalue weighted by Crippen LogP contribution is 2.27. The molecule has 2 nitrogen and oxygen atoms in total. The van der Waals surface area contributed by atoms with E-state index in [1.807, 2.05) is 0 Å². The van der Waals surface area contributed by atoms with Crippen LogP contribution in [0.15, 0.2) is 30.3 Å². The van der Waals surface area contributed by atoms with Gasteiger partial charge in [0.2, 0.25) is 0 Å². The molecule has 0 saturated heterocycles. The van der Waals surface area contributed by atoms with Crippen LogP contribution >= 0.6 is 0 Å². The number of nitrogens with two attached hydrogens (primary N) is 1. The molecule has 0 aliphatic heterocycles. The van der Waals surface area contributed by atoms with Gasteiger partial charge in [0.05, 0.1) is 0 Å². The molecule has 2 rings (SSSR count). The molecule has 0 spiro atoms. The quantitative estimate of drug-likeness (QED) is 0.822. The average Bonchev–Trinajstić information content (AvgIpc) is 2.70. The zero-order chi connectivity index (χ0) is 13.5. The Hall–Kier alpha value is -0.860. The van der Waals surface area contributed by atoms with Gasteiger partial charge in [-0.05, 0) is 31.4 Å². The average molecular weight is 260 g/mol. The number of rotatable bonds is 5. The molecule has 1 aromatic carbocycles. The van der Waals surface area contributed by atoms with Gasteiger partial charge in [-0.2, -0.15) is 0 Å². The lowest BCUT2D eigenvalue weighted by molar-refractivity contribution is 0.160. The number of likely N-dealkylation sites (N-methyl/N-ethyl adjacent to an activating group) is 1. The molecule has 19 heavy (non-hydrogen) atoms. The first-order valence-electron chi connectivity index (χ1n) is 7.75. The minimum Gasteiger partial charge on any atom is -0.329 e. The molecule has 1 aromatic rings. The van der Waals surface area contributed by atoms with E-state index in [0.717, 1.165) is 19.0 Å². The Balaban J connectivity index is 1.95. The summed E-state index contributed by atoms with van der Waals surface area (Å²) in [7, 11) is 2.23. The second-order valence-electron chi connectivity index (χ2n) is 5.96. The maximum atomic E-state index is 6.07. The normalized spacial score (nSPS) is 19.3. The lowest BCUT2D eigenvalue weighted by atomic mass is 9.90. The van der Waals surface area contributed by atoms with Crippen molar-refractivity contribution in [1.29, 1.82) is 0 Å². The topological polar surface area (TPSA) is 29.3 Å². The van der Waals surface area contributed by atoms with Gasteiger partial charge in [0.15, 0.2) is 0 Å². The van der Waals surface area contributed by atoms with Crippen LogP contribution in [0.4, 0.5) is 0 Å². The van der Waals surface area contributed by atoms with Crippen molar-refractivity contribution >= 4 is 0 Å². The standard InChI is InChI=1S/C17H28N2/c1-19(14-15-9-5-4-6-10-15)17(13-18)16-11-7-2-3-8-12-16/h4-6,9-10,16-17H,2-3,7-8,11-14,18H2,1H3. The molecule has 0 radical (unpaired) electrons. The summed E-state index contributed by atoms with van der Waals surface area (Å²) in [5, 5.41) is 0. The van der Waals surface area contributed by atoms with Gasteiger partial charge in [-0.15, -0.1) is 0 Å². The second-order valence-corrected chi connectivity index (χ2v) is 5.96. The number of hydrogen-bond donors (Lipinski definition) is 1. The van der Waals surface area contributed by atoms with Crippen LogP contribution in [-0.4, -0.2) is 24.5 Å². The van der Waals surface area contributed by atoms with Gasteiger partial charge in [-0.3, -0.25) is 4.90 Å². The Morgan fingerprint density at radius 1 is 1.11 bits per heavy atom. The lowest BCUT2D eigenvalue weighted by Crippen LogP contribution is -2.43. The van der Waals surface area contributed by atoms with Crippen molar-refractivity contribution in [2.75, 3.05) is 13.6 Å². The third kappa shape index (κ3) is 4.32. The molecule has 1 unspecified atom stereocenters. The first-order valence-corrected chi connectivity index (χ1v) is 7.75. The van der Waals surface area contributed by atoms with Crippen LogP contribution in [0.3, 0.4) is 0 Å². The molecule has 0 bridgehead atoms. The van der Waals surface area contributed by atoms with Crippen molar-refractivity contribution in [3.05, 3.63) is 35.9 Å². The fourth-order valence-electron chi connectivity index (χ4n) is 3.42. The second kappa shape index (κ2) is 7.66. The van der Waals surface area contributed by atoms with Gasteiger partial charge in [0.25, 0.3) is 0 Å². The summed E-state index contributed by atoms with van der Waals surface area (Å²) in [4.78, 5) is 2.46. The number of hydrogen-bond acceptors (Lipinski definition) is 2. The van der Waals surface area contributed by atoms with E-state index in [4.69, 9.17) is 5.73 Å². The van der Waals surface area contributed by atoms with E-state index < -0.39 is 0 Å². The van der Waals surface area contributed by atoms with Crippen LogP contribution in [0.2, 0.25) is 0 Å². The molecule has 1 saturated carbocycles. The summed E-state index contributed by atoms with van der Waals surface area (Å²) in [5.41, 5.74) is 7.45. The third-order valence-corrected chi connectivity index (χ3v) is 4.53. The van der Waals surface area contributed by atoms with E-state index >= 15 is 0 Å². The van der Waals surface area contributed by atoms with Crippen LogP contribution < -0.4 is 5.73 Å². The van der Waals surface area contributed by atoms with Gasteiger partial charge in [0, 0.05) is 19.1 Å². The van der Waals surface area contributed by atoms with Crippen LogP contribution in [-0.2, 0) is 6.54 Å². The Bertz CT molecular complexity index is 342. The highest BCUT2D eigenvalue weighted by molar-refractivity contribution is 5.14. The Morgan fingerprint density at radius 3 is 2.32 bits per heavy atom. The van der Waals surface area contributed by atoms with Gasteiger partial charge in [-0.25, -0.2) is 0 Å². The number of nitrogens with zero attached hydrogens (tertiary/aromatic N) is 1. The zero-order valence-electron chi connectivity index (χ0n) is 12.2. The van der Waals surface area contributed by atoms with Crippen molar-refractivity contribution in [1.82, 2.24) is 4.90 Å². The molecule has 1 aliphatic rings. The van der Waals surface area contributed by atoms with Gasteiger partial charge in [0.1, 0.15) is 0 Å². The minimum atomic E-state index is 0.540.